The molecule has 4 aliphatic rings. The molecule has 1 saturated carbocycles. The Kier molecular flexibility index (Phi) is 8.62. The van der Waals surface area contributed by atoms with Gasteiger partial charge in [-0.05, 0) is 103 Å². The lowest BCUT2D eigenvalue weighted by molar-refractivity contribution is -0.139. The van der Waals surface area contributed by atoms with Crippen molar-refractivity contribution in [3.63, 3.8) is 0 Å². The molecular weight excluding hydrogens is 720 g/mol. The van der Waals surface area contributed by atoms with Crippen molar-refractivity contribution in [3.8, 4) is 11.5 Å². The first-order chi connectivity index (χ1) is 25.5. The number of nitrogens with one attached hydrogen (secondary N) is 1. The average molecular weight is 753 g/mol. The van der Waals surface area contributed by atoms with E-state index in [1.807, 2.05) is 12.2 Å². The zero-order chi connectivity index (χ0) is 37.2. The van der Waals surface area contributed by atoms with Gasteiger partial charge in [0, 0.05) is 16.0 Å². The molecule has 53 heavy (non-hydrogen) atoms. The number of halogens is 3. The third kappa shape index (κ3) is 5.50. The Morgan fingerprint density at radius 2 is 1.55 bits per heavy atom. The third-order valence-corrected chi connectivity index (χ3v) is 11.6. The zero-order valence-corrected chi connectivity index (χ0v) is 29.7. The van der Waals surface area contributed by atoms with Gasteiger partial charge >= 0.3 is 0 Å². The normalized spacial score (nSPS) is 26.4. The minimum Gasteiger partial charge on any atom is -0.504 e. The molecule has 4 aromatic carbocycles. The molecule has 3 fully saturated rings. The molecule has 0 radical (unpaired) electrons. The lowest BCUT2D eigenvalue weighted by atomic mass is 9.50. The quantitative estimate of drug-likeness (QED) is 0.148. The first kappa shape index (κ1) is 34.6. The maximum Gasteiger partial charge on any atom is 0.260 e. The van der Waals surface area contributed by atoms with E-state index in [2.05, 4.69) is 5.43 Å². The van der Waals surface area contributed by atoms with Crippen molar-refractivity contribution in [1.82, 2.24) is 5.01 Å². The van der Waals surface area contributed by atoms with Crippen LogP contribution in [0.25, 0.3) is 6.08 Å². The van der Waals surface area contributed by atoms with Crippen molar-refractivity contribution in [2.24, 2.45) is 29.6 Å². The number of hydrogen-bond donors (Lipinski definition) is 2. The van der Waals surface area contributed by atoms with Crippen molar-refractivity contribution in [2.75, 3.05) is 17.4 Å². The number of nitrogens with zero attached hydrogens (tertiary/aromatic N) is 2. The number of ether oxygens (including phenoxy) is 1. The lowest BCUT2D eigenvalue weighted by Gasteiger charge is -2.49. The van der Waals surface area contributed by atoms with Crippen LogP contribution in [0.4, 0.5) is 15.8 Å². The predicted molar refractivity (Wildman–Crippen MR) is 197 cm³/mol. The van der Waals surface area contributed by atoms with Gasteiger partial charge in [0.15, 0.2) is 11.5 Å². The van der Waals surface area contributed by atoms with Crippen LogP contribution in [0.2, 0.25) is 10.0 Å². The highest BCUT2D eigenvalue weighted by molar-refractivity contribution is 6.31. The van der Waals surface area contributed by atoms with Crippen LogP contribution in [-0.2, 0) is 24.6 Å². The number of hydrazine groups is 1. The molecule has 2 heterocycles. The molecule has 6 unspecified atom stereocenters. The van der Waals surface area contributed by atoms with E-state index in [0.29, 0.717) is 32.5 Å². The highest BCUT2D eigenvalue weighted by Crippen LogP contribution is 2.61. The number of aromatic hydroxyl groups is 1. The molecule has 6 atom stereocenters. The second-order valence-corrected chi connectivity index (χ2v) is 14.6. The summed E-state index contributed by atoms with van der Waals surface area (Å²) in [6.07, 6.45) is 5.97. The molecule has 12 heteroatoms. The summed E-state index contributed by atoms with van der Waals surface area (Å²) in [7, 11) is 1.44. The maximum atomic E-state index is 15.2. The summed E-state index contributed by atoms with van der Waals surface area (Å²) in [6, 6.07) is 23.5. The van der Waals surface area contributed by atoms with E-state index in [1.54, 1.807) is 66.7 Å². The number of fused-ring (bicyclic) bond motifs is 4. The van der Waals surface area contributed by atoms with Gasteiger partial charge in [-0.3, -0.25) is 29.5 Å². The van der Waals surface area contributed by atoms with Gasteiger partial charge in [-0.25, -0.2) is 4.39 Å². The maximum absolute atomic E-state index is 15.2. The smallest absolute Gasteiger partial charge is 0.260 e. The van der Waals surface area contributed by atoms with E-state index in [9.17, 15) is 23.9 Å². The summed E-state index contributed by atoms with van der Waals surface area (Å²) in [6.45, 7) is 0. The van der Waals surface area contributed by atoms with Crippen molar-refractivity contribution >= 4 is 64.3 Å². The number of anilines is 2. The minimum atomic E-state index is -1.51. The van der Waals surface area contributed by atoms with Crippen molar-refractivity contribution < 1.29 is 33.4 Å². The Hall–Kier alpha value is -5.45. The van der Waals surface area contributed by atoms with Gasteiger partial charge in [0.25, 0.3) is 11.8 Å². The van der Waals surface area contributed by atoms with E-state index in [0.717, 1.165) is 10.6 Å². The summed E-state index contributed by atoms with van der Waals surface area (Å²) in [5.41, 5.74) is 4.12. The number of amides is 4. The fourth-order valence-corrected chi connectivity index (χ4v) is 9.00. The molecule has 0 spiro atoms. The van der Waals surface area contributed by atoms with E-state index in [1.165, 1.54) is 42.3 Å². The van der Waals surface area contributed by atoms with Gasteiger partial charge < -0.3 is 9.84 Å². The number of imide groups is 2. The molecule has 4 aromatic rings. The summed E-state index contributed by atoms with van der Waals surface area (Å²) in [5, 5.41) is 12.2. The van der Waals surface area contributed by atoms with Gasteiger partial charge in [0.2, 0.25) is 11.8 Å². The number of carbonyl (C=O) groups is 4. The number of hydrogen-bond acceptors (Lipinski definition) is 7. The number of methoxy groups -OCH3 is 1. The van der Waals surface area contributed by atoms with Crippen molar-refractivity contribution in [1.29, 1.82) is 0 Å². The largest absolute Gasteiger partial charge is 0.504 e. The predicted octanol–water partition coefficient (Wildman–Crippen LogP) is 7.58. The van der Waals surface area contributed by atoms with E-state index >= 15 is 4.79 Å². The molecule has 2 aliphatic heterocycles. The number of benzene rings is 4. The fraction of sp³-hybridized carbons (Fsp3) is 0.220. The van der Waals surface area contributed by atoms with Gasteiger partial charge in [0.1, 0.15) is 5.82 Å². The molecule has 9 nitrogen and oxygen atoms in total. The Balaban J connectivity index is 1.30. The van der Waals surface area contributed by atoms with Gasteiger partial charge in [-0.1, -0.05) is 65.2 Å². The van der Waals surface area contributed by atoms with Gasteiger partial charge in [-0.15, -0.1) is 0 Å². The summed E-state index contributed by atoms with van der Waals surface area (Å²) in [4.78, 5) is 59.4. The van der Waals surface area contributed by atoms with Crippen LogP contribution >= 0.6 is 23.2 Å². The fourth-order valence-electron chi connectivity index (χ4n) is 8.75. The summed E-state index contributed by atoms with van der Waals surface area (Å²) in [5.74, 6) is -5.82. The molecule has 8 rings (SSSR count). The van der Waals surface area contributed by atoms with Crippen LogP contribution < -0.4 is 15.1 Å². The monoisotopic (exact) mass is 751 g/mol. The highest BCUT2D eigenvalue weighted by Gasteiger charge is 2.69. The van der Waals surface area contributed by atoms with Crippen molar-refractivity contribution in [2.45, 2.75) is 18.3 Å². The molecule has 0 bridgehead atoms. The Morgan fingerprint density at radius 1 is 0.868 bits per heavy atom. The summed E-state index contributed by atoms with van der Waals surface area (Å²) >= 11 is 12.5. The Labute approximate surface area is 314 Å². The third-order valence-electron chi connectivity index (χ3n) is 11.1. The molecule has 4 amide bonds. The highest BCUT2D eigenvalue weighted by atomic mass is 35.5. The molecule has 0 aromatic heterocycles. The lowest BCUT2D eigenvalue weighted by Crippen LogP contribution is -2.54. The van der Waals surface area contributed by atoms with E-state index < -0.39 is 52.6 Å². The molecule has 268 valence electrons. The molecular formula is C41H32Cl2FN3O6. The Bertz CT molecular complexity index is 2230. The standard InChI is InChI=1S/C41H32Cl2FN3O6/c1-53-35-20-22(3-19-34(35)48)2-18-32-29-16-17-30-36(39(51)46(37(30)49)28-14-8-25(43)9-15-28)31(29)21-33-38(50)47(45-27-12-10-26(44)11-13-27)40(52)41(32,33)23-4-6-24(42)7-5-23/h2-16,18-20,30-33,36,45,48H,17,21H2,1H3. The second-order valence-electron chi connectivity index (χ2n) is 13.7. The van der Waals surface area contributed by atoms with Crippen LogP contribution in [0.3, 0.4) is 0 Å². The summed E-state index contributed by atoms with van der Waals surface area (Å²) < 4.78 is 19.2. The van der Waals surface area contributed by atoms with Crippen LogP contribution in [0, 0.1) is 35.4 Å². The minimum absolute atomic E-state index is 0.0464. The molecule has 2 N–H and O–H groups in total. The van der Waals surface area contributed by atoms with Crippen LogP contribution in [-0.4, -0.2) is 40.9 Å². The van der Waals surface area contributed by atoms with Crippen LogP contribution in [0.15, 0.2) is 109 Å². The Morgan fingerprint density at radius 3 is 2.23 bits per heavy atom. The number of allylic oxidation sites excluding steroid dienone is 3. The molecule has 2 aliphatic carbocycles. The van der Waals surface area contributed by atoms with Crippen molar-refractivity contribution in [3.05, 3.63) is 136 Å². The van der Waals surface area contributed by atoms with E-state index in [-0.39, 0.29) is 36.2 Å². The van der Waals surface area contributed by atoms with Gasteiger partial charge in [0.05, 0.1) is 41.7 Å². The second kappa shape index (κ2) is 13.2. The first-order valence-electron chi connectivity index (χ1n) is 17.1. The number of carbonyl (C=O) groups excluding carboxylic acids is 4. The topological polar surface area (TPSA) is 116 Å². The average Bonchev–Trinajstić information content (AvgIpc) is 3.54. The first-order valence-corrected chi connectivity index (χ1v) is 17.8. The van der Waals surface area contributed by atoms with E-state index in [4.69, 9.17) is 27.9 Å². The number of phenols is 1. The number of phenolic OH excluding ortho intramolecular Hbond substituents is 1. The van der Waals surface area contributed by atoms with Crippen LogP contribution in [0.5, 0.6) is 11.5 Å². The molecule has 2 saturated heterocycles. The SMILES string of the molecule is COc1cc(C=CC2C3=CCC4C(=O)N(c5ccc(Cl)cc5)C(=O)C4C3CC3C(=O)N(Nc4ccc(F)cc4)C(=O)C23c2ccc(Cl)cc2)ccc1O. The van der Waals surface area contributed by atoms with Crippen LogP contribution in [0.1, 0.15) is 24.0 Å². The zero-order valence-electron chi connectivity index (χ0n) is 28.2. The van der Waals surface area contributed by atoms with Gasteiger partial charge in [-0.2, -0.15) is 5.01 Å². The number of rotatable bonds is 7.